The number of nitrogens with one attached hydrogen (secondary N) is 1. The van der Waals surface area contributed by atoms with Crippen molar-refractivity contribution in [3.8, 4) is 5.69 Å². The Morgan fingerprint density at radius 3 is 2.52 bits per heavy atom. The highest BCUT2D eigenvalue weighted by Gasteiger charge is 2.28. The van der Waals surface area contributed by atoms with E-state index >= 15 is 0 Å². The lowest BCUT2D eigenvalue weighted by Crippen LogP contribution is -2.52. The molecule has 1 aromatic heterocycles. The predicted octanol–water partition coefficient (Wildman–Crippen LogP) is -0.432. The second-order valence-corrected chi connectivity index (χ2v) is 7.14. The Morgan fingerprint density at radius 1 is 1.29 bits per heavy atom. The Balaban J connectivity index is 1.70. The van der Waals surface area contributed by atoms with Crippen LogP contribution in [0.3, 0.4) is 0 Å². The van der Waals surface area contributed by atoms with Crippen molar-refractivity contribution in [3.63, 3.8) is 0 Å². The minimum absolute atomic E-state index is 0.159. The van der Waals surface area contributed by atoms with Gasteiger partial charge in [0.25, 0.3) is 11.1 Å². The number of hydrogen-bond donors (Lipinski definition) is 3. The van der Waals surface area contributed by atoms with E-state index in [1.54, 1.807) is 0 Å². The van der Waals surface area contributed by atoms with Gasteiger partial charge in [0.05, 0.1) is 32.1 Å². The Kier molecular flexibility index (Phi) is 7.30. The molecule has 10 nitrogen and oxygen atoms in total. The highest BCUT2D eigenvalue weighted by molar-refractivity contribution is 7.80. The third-order valence-corrected chi connectivity index (χ3v) is 5.08. The first-order valence-corrected chi connectivity index (χ1v) is 9.80. The number of aliphatic hydroxyl groups excluding tert-OH is 2. The van der Waals surface area contributed by atoms with Crippen molar-refractivity contribution in [2.24, 2.45) is 0 Å². The minimum Gasteiger partial charge on any atom is -0.474 e. The van der Waals surface area contributed by atoms with E-state index in [-0.39, 0.29) is 49.3 Å². The second-order valence-electron chi connectivity index (χ2n) is 6.77. The maximum Gasteiger partial charge on any atom is 0.256 e. The standard InChI is InChI=1S/C18H22F2N6O4S/c1-30-18(31)21-8-11-9-26(23-22-11)12-6-13(19)16(14(20)7-12)24-2-4-25(5-3-24)17(29)15(28)10-27/h6-7,9,15,27-28H,2-5,8,10H2,1H3,(H,21,31). The van der Waals surface area contributed by atoms with Crippen LogP contribution in [0.2, 0.25) is 0 Å². The molecule has 168 valence electrons. The molecule has 1 saturated heterocycles. The molecule has 1 unspecified atom stereocenters. The summed E-state index contributed by atoms with van der Waals surface area (Å²) >= 11 is 4.87. The van der Waals surface area contributed by atoms with Crippen molar-refractivity contribution < 1.29 is 28.5 Å². The van der Waals surface area contributed by atoms with Crippen LogP contribution in [0.1, 0.15) is 5.69 Å². The maximum atomic E-state index is 14.8. The quantitative estimate of drug-likeness (QED) is 0.498. The summed E-state index contributed by atoms with van der Waals surface area (Å²) in [5.41, 5.74) is 0.452. The van der Waals surface area contributed by atoms with Gasteiger partial charge < -0.3 is 30.1 Å². The number of halogens is 2. The van der Waals surface area contributed by atoms with Gasteiger partial charge in [-0.3, -0.25) is 4.79 Å². The molecule has 1 aromatic carbocycles. The number of benzene rings is 1. The van der Waals surface area contributed by atoms with Crippen LogP contribution in [-0.4, -0.2) is 87.2 Å². The monoisotopic (exact) mass is 456 g/mol. The predicted molar refractivity (Wildman–Crippen MR) is 110 cm³/mol. The van der Waals surface area contributed by atoms with Crippen LogP contribution in [0.15, 0.2) is 18.3 Å². The Labute approximate surface area is 182 Å². The number of thiocarbonyl (C=S) groups is 1. The molecule has 0 radical (unpaired) electrons. The van der Waals surface area contributed by atoms with Crippen LogP contribution in [-0.2, 0) is 16.1 Å². The van der Waals surface area contributed by atoms with Gasteiger partial charge in [-0.2, -0.15) is 0 Å². The first kappa shape index (κ1) is 22.8. The number of aliphatic hydroxyl groups is 2. The summed E-state index contributed by atoms with van der Waals surface area (Å²) < 4.78 is 35.6. The lowest BCUT2D eigenvalue weighted by molar-refractivity contribution is -0.142. The molecule has 1 amide bonds. The van der Waals surface area contributed by atoms with E-state index in [0.717, 1.165) is 12.1 Å². The number of hydrogen-bond acceptors (Lipinski definition) is 8. The van der Waals surface area contributed by atoms with E-state index in [1.807, 2.05) is 0 Å². The Hall–Kier alpha value is -2.90. The zero-order chi connectivity index (χ0) is 22.5. The van der Waals surface area contributed by atoms with Crippen molar-refractivity contribution in [1.29, 1.82) is 0 Å². The average molecular weight is 456 g/mol. The summed E-state index contributed by atoms with van der Waals surface area (Å²) in [6, 6.07) is 2.30. The van der Waals surface area contributed by atoms with Crippen LogP contribution in [0.25, 0.3) is 5.69 Å². The summed E-state index contributed by atoms with van der Waals surface area (Å²) in [6.07, 6.45) is 0.0166. The van der Waals surface area contributed by atoms with Crippen LogP contribution in [0.5, 0.6) is 0 Å². The van der Waals surface area contributed by atoms with Crippen LogP contribution >= 0.6 is 12.2 Å². The summed E-state index contributed by atoms with van der Waals surface area (Å²) in [6.45, 7) is 0.246. The fourth-order valence-electron chi connectivity index (χ4n) is 3.17. The lowest BCUT2D eigenvalue weighted by Gasteiger charge is -2.37. The number of carbonyl (C=O) groups excluding carboxylic acids is 1. The van der Waals surface area contributed by atoms with Gasteiger partial charge in [0.1, 0.15) is 11.4 Å². The van der Waals surface area contributed by atoms with Gasteiger partial charge >= 0.3 is 0 Å². The fraction of sp³-hybridized carbons (Fsp3) is 0.444. The fourth-order valence-corrected chi connectivity index (χ4v) is 3.24. The molecule has 0 saturated carbocycles. The molecule has 1 aliphatic heterocycles. The average Bonchev–Trinajstić information content (AvgIpc) is 3.25. The Bertz CT molecular complexity index is 928. The van der Waals surface area contributed by atoms with Gasteiger partial charge in [0, 0.05) is 38.3 Å². The van der Waals surface area contributed by atoms with Gasteiger partial charge in [-0.25, -0.2) is 13.5 Å². The molecule has 3 rings (SSSR count). The highest BCUT2D eigenvalue weighted by Crippen LogP contribution is 2.27. The molecule has 0 aliphatic carbocycles. The molecule has 31 heavy (non-hydrogen) atoms. The number of nitrogens with zero attached hydrogens (tertiary/aromatic N) is 5. The SMILES string of the molecule is COC(=S)NCc1cn(-c2cc(F)c(N3CCN(C(=O)C(O)CO)CC3)c(F)c2)nn1. The van der Waals surface area contributed by atoms with Gasteiger partial charge in [0.15, 0.2) is 17.7 Å². The molecular weight excluding hydrogens is 434 g/mol. The number of methoxy groups -OCH3 is 1. The molecule has 0 spiro atoms. The number of ether oxygens (including phenoxy) is 1. The first-order chi connectivity index (χ1) is 14.8. The van der Waals surface area contributed by atoms with Gasteiger partial charge in [-0.05, 0) is 12.2 Å². The van der Waals surface area contributed by atoms with Gasteiger partial charge in [-0.15, -0.1) is 5.10 Å². The van der Waals surface area contributed by atoms with Crippen molar-refractivity contribution in [3.05, 3.63) is 35.7 Å². The number of rotatable bonds is 6. The van der Waals surface area contributed by atoms with Crippen LogP contribution in [0, 0.1) is 11.6 Å². The molecule has 0 bridgehead atoms. The van der Waals surface area contributed by atoms with E-state index in [0.29, 0.717) is 5.69 Å². The molecule has 3 N–H and O–H groups in total. The molecule has 1 fully saturated rings. The number of aromatic nitrogens is 3. The third kappa shape index (κ3) is 5.24. The summed E-state index contributed by atoms with van der Waals surface area (Å²) in [5.74, 6) is -2.16. The number of anilines is 1. The summed E-state index contributed by atoms with van der Waals surface area (Å²) in [4.78, 5) is 14.8. The molecule has 1 aliphatic rings. The minimum atomic E-state index is -1.49. The number of piperazine rings is 1. The Morgan fingerprint density at radius 2 is 1.94 bits per heavy atom. The van der Waals surface area contributed by atoms with Crippen molar-refractivity contribution in [1.82, 2.24) is 25.2 Å². The topological polar surface area (TPSA) is 116 Å². The van der Waals surface area contributed by atoms with Crippen molar-refractivity contribution in [2.75, 3.05) is 44.8 Å². The molecular formula is C18H22F2N6O4S. The third-order valence-electron chi connectivity index (χ3n) is 4.77. The molecule has 2 aromatic rings. The second kappa shape index (κ2) is 9.94. The zero-order valence-corrected chi connectivity index (χ0v) is 17.5. The van der Waals surface area contributed by atoms with Gasteiger partial charge in [-0.1, -0.05) is 5.21 Å². The molecule has 13 heteroatoms. The van der Waals surface area contributed by atoms with Crippen LogP contribution < -0.4 is 10.2 Å². The van der Waals surface area contributed by atoms with E-state index in [1.165, 1.54) is 27.8 Å². The normalized spacial score (nSPS) is 15.0. The maximum absolute atomic E-state index is 14.8. The lowest BCUT2D eigenvalue weighted by atomic mass is 10.2. The van der Waals surface area contributed by atoms with E-state index < -0.39 is 30.3 Å². The smallest absolute Gasteiger partial charge is 0.256 e. The molecule has 2 heterocycles. The number of carbonyl (C=O) groups is 1. The van der Waals surface area contributed by atoms with E-state index in [4.69, 9.17) is 22.1 Å². The van der Waals surface area contributed by atoms with Crippen molar-refractivity contribution >= 4 is 29.0 Å². The van der Waals surface area contributed by atoms with Gasteiger partial charge in [0.2, 0.25) is 0 Å². The molecule has 1 atom stereocenters. The summed E-state index contributed by atoms with van der Waals surface area (Å²) in [7, 11) is 1.43. The highest BCUT2D eigenvalue weighted by atomic mass is 32.1. The van der Waals surface area contributed by atoms with E-state index in [9.17, 15) is 18.7 Å². The number of amides is 1. The first-order valence-electron chi connectivity index (χ1n) is 9.39. The van der Waals surface area contributed by atoms with Crippen molar-refractivity contribution in [2.45, 2.75) is 12.6 Å². The summed E-state index contributed by atoms with van der Waals surface area (Å²) in [5, 5.41) is 29.1. The van der Waals surface area contributed by atoms with E-state index in [2.05, 4.69) is 15.6 Å². The largest absolute Gasteiger partial charge is 0.474 e. The van der Waals surface area contributed by atoms with Crippen LogP contribution in [0.4, 0.5) is 14.5 Å². The zero-order valence-electron chi connectivity index (χ0n) is 16.7.